The minimum atomic E-state index is -4.48. The van der Waals surface area contributed by atoms with E-state index < -0.39 is 17.6 Å². The molecule has 0 spiro atoms. The Morgan fingerprint density at radius 1 is 0.757 bits per heavy atom. The molecule has 1 amide bonds. The predicted molar refractivity (Wildman–Crippen MR) is 137 cm³/mol. The van der Waals surface area contributed by atoms with Gasteiger partial charge in [0.15, 0.2) is 0 Å². The van der Waals surface area contributed by atoms with Gasteiger partial charge in [0.25, 0.3) is 5.91 Å². The molecule has 0 saturated carbocycles. The van der Waals surface area contributed by atoms with Gasteiger partial charge in [-0.2, -0.15) is 18.3 Å². The van der Waals surface area contributed by atoms with E-state index in [4.69, 9.17) is 5.10 Å². The SMILES string of the molecule is O=C(NCc1ccccc1C(F)(F)F)c1ccc(-n2nc(-c3ccccc3)cc2-c2ccccc2)cc1. The van der Waals surface area contributed by atoms with E-state index in [0.29, 0.717) is 5.56 Å². The topological polar surface area (TPSA) is 46.9 Å². The monoisotopic (exact) mass is 497 g/mol. The molecule has 0 bridgehead atoms. The van der Waals surface area contributed by atoms with Crippen molar-refractivity contribution in [2.24, 2.45) is 0 Å². The number of carbonyl (C=O) groups excluding carboxylic acids is 1. The zero-order valence-corrected chi connectivity index (χ0v) is 19.6. The fraction of sp³-hybridized carbons (Fsp3) is 0.0667. The Morgan fingerprint density at radius 2 is 1.35 bits per heavy atom. The van der Waals surface area contributed by atoms with Crippen LogP contribution in [0.25, 0.3) is 28.2 Å². The zero-order chi connectivity index (χ0) is 25.8. The Kier molecular flexibility index (Phi) is 6.60. The molecule has 5 rings (SSSR count). The van der Waals surface area contributed by atoms with Crippen molar-refractivity contribution in [2.75, 3.05) is 0 Å². The van der Waals surface area contributed by atoms with Gasteiger partial charge < -0.3 is 5.32 Å². The molecular weight excluding hydrogens is 475 g/mol. The Hall–Kier alpha value is -4.65. The molecule has 0 aliphatic rings. The molecule has 1 aromatic heterocycles. The molecular formula is C30H22F3N3O. The van der Waals surface area contributed by atoms with Crippen LogP contribution in [0.4, 0.5) is 13.2 Å². The molecule has 4 nitrogen and oxygen atoms in total. The first-order valence-corrected chi connectivity index (χ1v) is 11.6. The highest BCUT2D eigenvalue weighted by atomic mass is 19.4. The highest BCUT2D eigenvalue weighted by Gasteiger charge is 2.32. The van der Waals surface area contributed by atoms with Crippen LogP contribution in [-0.2, 0) is 12.7 Å². The van der Waals surface area contributed by atoms with Gasteiger partial charge in [-0.25, -0.2) is 4.68 Å². The lowest BCUT2D eigenvalue weighted by molar-refractivity contribution is -0.138. The maximum atomic E-state index is 13.2. The lowest BCUT2D eigenvalue weighted by Crippen LogP contribution is -2.24. The van der Waals surface area contributed by atoms with Crippen LogP contribution in [0.3, 0.4) is 0 Å². The second-order valence-electron chi connectivity index (χ2n) is 8.44. The number of nitrogens with zero attached hydrogens (tertiary/aromatic N) is 2. The Bertz CT molecular complexity index is 1510. The zero-order valence-electron chi connectivity index (χ0n) is 19.6. The van der Waals surface area contributed by atoms with Crippen molar-refractivity contribution >= 4 is 5.91 Å². The molecule has 0 radical (unpaired) electrons. The average Bonchev–Trinajstić information content (AvgIpc) is 3.38. The van der Waals surface area contributed by atoms with E-state index in [0.717, 1.165) is 34.3 Å². The third-order valence-corrected chi connectivity index (χ3v) is 5.98. The van der Waals surface area contributed by atoms with E-state index in [1.54, 1.807) is 24.3 Å². The summed E-state index contributed by atoms with van der Waals surface area (Å²) in [5, 5.41) is 7.41. The van der Waals surface area contributed by atoms with Crippen molar-refractivity contribution < 1.29 is 18.0 Å². The van der Waals surface area contributed by atoms with Crippen LogP contribution in [0.15, 0.2) is 115 Å². The summed E-state index contributed by atoms with van der Waals surface area (Å²) in [4.78, 5) is 12.7. The van der Waals surface area contributed by atoms with Crippen LogP contribution in [-0.4, -0.2) is 15.7 Å². The molecule has 0 fully saturated rings. The molecule has 0 saturated heterocycles. The predicted octanol–water partition coefficient (Wildman–Crippen LogP) is 7.16. The molecule has 37 heavy (non-hydrogen) atoms. The molecule has 0 atom stereocenters. The van der Waals surface area contributed by atoms with Crippen molar-refractivity contribution in [3.05, 3.63) is 132 Å². The van der Waals surface area contributed by atoms with Crippen LogP contribution < -0.4 is 5.32 Å². The first-order valence-electron chi connectivity index (χ1n) is 11.6. The van der Waals surface area contributed by atoms with Crippen LogP contribution in [0.2, 0.25) is 0 Å². The Balaban J connectivity index is 1.40. The van der Waals surface area contributed by atoms with Crippen LogP contribution in [0, 0.1) is 0 Å². The molecule has 0 aliphatic carbocycles. The standard InChI is InChI=1S/C30H22F3N3O/c31-30(32,33)26-14-8-7-13-24(26)20-34-29(37)23-15-17-25(18-16-23)36-28(22-11-5-2-6-12-22)19-27(35-36)21-9-3-1-4-10-21/h1-19H,20H2,(H,34,37). The summed E-state index contributed by atoms with van der Waals surface area (Å²) >= 11 is 0. The first kappa shape index (κ1) is 24.1. The maximum absolute atomic E-state index is 13.2. The quantitative estimate of drug-likeness (QED) is 0.271. The summed E-state index contributed by atoms with van der Waals surface area (Å²) in [6, 6.07) is 33.8. The summed E-state index contributed by atoms with van der Waals surface area (Å²) in [6.07, 6.45) is -4.48. The van der Waals surface area contributed by atoms with Crippen molar-refractivity contribution in [2.45, 2.75) is 12.7 Å². The van der Waals surface area contributed by atoms with Crippen molar-refractivity contribution in [1.29, 1.82) is 0 Å². The highest BCUT2D eigenvalue weighted by molar-refractivity contribution is 5.94. The van der Waals surface area contributed by atoms with Crippen molar-refractivity contribution in [1.82, 2.24) is 15.1 Å². The van der Waals surface area contributed by atoms with E-state index in [-0.39, 0.29) is 12.1 Å². The summed E-state index contributed by atoms with van der Waals surface area (Å²) in [6.45, 7) is -0.228. The molecule has 5 aromatic rings. The lowest BCUT2D eigenvalue weighted by Gasteiger charge is -2.13. The van der Waals surface area contributed by atoms with E-state index >= 15 is 0 Å². The number of amides is 1. The average molecular weight is 498 g/mol. The minimum Gasteiger partial charge on any atom is -0.348 e. The molecule has 184 valence electrons. The van der Waals surface area contributed by atoms with Crippen LogP contribution >= 0.6 is 0 Å². The number of rotatable bonds is 6. The molecule has 1 N–H and O–H groups in total. The summed E-state index contributed by atoms with van der Waals surface area (Å²) in [5.41, 5.74) is 4.01. The first-order chi connectivity index (χ1) is 17.9. The molecule has 4 aromatic carbocycles. The lowest BCUT2D eigenvalue weighted by atomic mass is 10.1. The third kappa shape index (κ3) is 5.30. The van der Waals surface area contributed by atoms with E-state index in [1.165, 1.54) is 18.2 Å². The number of halogens is 3. The normalized spacial score (nSPS) is 11.3. The van der Waals surface area contributed by atoms with Crippen LogP contribution in [0.1, 0.15) is 21.5 Å². The fourth-order valence-electron chi connectivity index (χ4n) is 4.13. The Labute approximate surface area is 212 Å². The van der Waals surface area contributed by atoms with Crippen molar-refractivity contribution in [3.8, 4) is 28.2 Å². The fourth-order valence-corrected chi connectivity index (χ4v) is 4.13. The van der Waals surface area contributed by atoms with Gasteiger partial charge in [0.1, 0.15) is 0 Å². The van der Waals surface area contributed by atoms with Gasteiger partial charge >= 0.3 is 6.18 Å². The molecule has 0 aliphatic heterocycles. The van der Waals surface area contributed by atoms with Gasteiger partial charge in [0.2, 0.25) is 0 Å². The number of hydrogen-bond donors (Lipinski definition) is 1. The summed E-state index contributed by atoms with van der Waals surface area (Å²) < 4.78 is 41.6. The summed E-state index contributed by atoms with van der Waals surface area (Å²) in [7, 11) is 0. The molecule has 7 heteroatoms. The van der Waals surface area contributed by atoms with E-state index in [9.17, 15) is 18.0 Å². The van der Waals surface area contributed by atoms with Gasteiger partial charge in [-0.3, -0.25) is 4.79 Å². The van der Waals surface area contributed by atoms with Crippen LogP contribution in [0.5, 0.6) is 0 Å². The van der Waals surface area contributed by atoms with E-state index in [2.05, 4.69) is 5.32 Å². The maximum Gasteiger partial charge on any atom is 0.416 e. The number of hydrogen-bond acceptors (Lipinski definition) is 2. The number of benzene rings is 4. The number of nitrogens with one attached hydrogen (secondary N) is 1. The Morgan fingerprint density at radius 3 is 2.00 bits per heavy atom. The minimum absolute atomic E-state index is 0.0115. The number of carbonyl (C=O) groups is 1. The van der Waals surface area contributed by atoms with Gasteiger partial charge in [0, 0.05) is 23.2 Å². The van der Waals surface area contributed by atoms with E-state index in [1.807, 2.05) is 71.4 Å². The molecule has 0 unspecified atom stereocenters. The third-order valence-electron chi connectivity index (χ3n) is 5.98. The second kappa shape index (κ2) is 10.1. The van der Waals surface area contributed by atoms with Gasteiger partial charge in [-0.05, 0) is 42.0 Å². The number of alkyl halides is 3. The largest absolute Gasteiger partial charge is 0.416 e. The van der Waals surface area contributed by atoms with Gasteiger partial charge in [-0.1, -0.05) is 78.9 Å². The molecule has 1 heterocycles. The number of aromatic nitrogens is 2. The summed E-state index contributed by atoms with van der Waals surface area (Å²) in [5.74, 6) is -0.461. The van der Waals surface area contributed by atoms with Crippen molar-refractivity contribution in [3.63, 3.8) is 0 Å². The van der Waals surface area contributed by atoms with Gasteiger partial charge in [0.05, 0.1) is 22.6 Å². The van der Waals surface area contributed by atoms with Gasteiger partial charge in [-0.15, -0.1) is 0 Å². The highest BCUT2D eigenvalue weighted by Crippen LogP contribution is 2.32. The second-order valence-corrected chi connectivity index (χ2v) is 8.44. The smallest absolute Gasteiger partial charge is 0.348 e.